The number of halogens is 1. The quantitative estimate of drug-likeness (QED) is 0.188. The fourth-order valence-electron chi connectivity index (χ4n) is 4.54. The summed E-state index contributed by atoms with van der Waals surface area (Å²) in [6.45, 7) is 2.40. The predicted octanol–water partition coefficient (Wildman–Crippen LogP) is 6.46. The number of fused-ring (bicyclic) bond motifs is 1. The van der Waals surface area contributed by atoms with Gasteiger partial charge in [0.15, 0.2) is 11.5 Å². The molecule has 1 aromatic heterocycles. The number of benzene rings is 2. The lowest BCUT2D eigenvalue weighted by atomic mass is 9.93. The maximum atomic E-state index is 12.4. The fourth-order valence-corrected chi connectivity index (χ4v) is 6.10. The third-order valence-electron chi connectivity index (χ3n) is 6.66. The summed E-state index contributed by atoms with van der Waals surface area (Å²) in [7, 11) is 1.52. The second-order valence-corrected chi connectivity index (χ2v) is 12.2. The molecule has 9 nitrogen and oxygen atoms in total. The number of nitrogens with zero attached hydrogens (tertiary/aromatic N) is 3. The third kappa shape index (κ3) is 7.42. The summed E-state index contributed by atoms with van der Waals surface area (Å²) in [4.78, 5) is 11.0. The molecule has 1 aliphatic rings. The van der Waals surface area contributed by atoms with Crippen LogP contribution in [-0.4, -0.2) is 62.2 Å². The standard InChI is InChI=1S/C26H34BrN4O5P/c1-33-24-15-22-23(28-17-29-26(22)30-21-8-4-7-20(27)14-21)16-25(24)36-13-5-6-19-9-11-31(12-10-19)18-37(32,34-2)35-3/h4,7-8,14-17,19H,5-6,9-13,18H2,1-3H3,(H,28,29,30). The number of anilines is 2. The number of methoxy groups -OCH3 is 1. The first-order valence-electron chi connectivity index (χ1n) is 12.3. The Hall–Kier alpha value is -2.23. The van der Waals surface area contributed by atoms with Gasteiger partial charge in [0.2, 0.25) is 0 Å². The molecule has 0 aliphatic carbocycles. The Labute approximate surface area is 226 Å². The summed E-state index contributed by atoms with van der Waals surface area (Å²) in [5, 5.41) is 4.21. The average molecular weight is 593 g/mol. The van der Waals surface area contributed by atoms with E-state index in [9.17, 15) is 4.57 Å². The van der Waals surface area contributed by atoms with Crippen molar-refractivity contribution >= 4 is 45.9 Å². The van der Waals surface area contributed by atoms with Gasteiger partial charge >= 0.3 is 7.60 Å². The number of nitrogens with one attached hydrogen (secondary N) is 1. The minimum Gasteiger partial charge on any atom is -0.493 e. The zero-order valence-corrected chi connectivity index (χ0v) is 24.0. The SMILES string of the molecule is COc1cc2c(Nc3cccc(Br)c3)ncnc2cc1OCCCC1CCN(CP(=O)(OC)OC)CC1. The minimum absolute atomic E-state index is 0.348. The Morgan fingerprint density at radius 3 is 2.57 bits per heavy atom. The van der Waals surface area contributed by atoms with Crippen molar-refractivity contribution in [2.75, 3.05) is 52.6 Å². The van der Waals surface area contributed by atoms with Gasteiger partial charge in [-0.25, -0.2) is 9.97 Å². The van der Waals surface area contributed by atoms with Gasteiger partial charge in [-0.15, -0.1) is 0 Å². The molecule has 1 fully saturated rings. The third-order valence-corrected chi connectivity index (χ3v) is 9.01. The van der Waals surface area contributed by atoms with Crippen molar-refractivity contribution in [3.05, 3.63) is 47.2 Å². The molecule has 2 heterocycles. The van der Waals surface area contributed by atoms with Crippen LogP contribution in [0.25, 0.3) is 10.9 Å². The Morgan fingerprint density at radius 1 is 1.08 bits per heavy atom. The smallest absolute Gasteiger partial charge is 0.344 e. The van der Waals surface area contributed by atoms with Gasteiger partial charge in [-0.05, 0) is 69.0 Å². The van der Waals surface area contributed by atoms with Crippen molar-refractivity contribution in [3.63, 3.8) is 0 Å². The van der Waals surface area contributed by atoms with Gasteiger partial charge in [0, 0.05) is 35.8 Å². The van der Waals surface area contributed by atoms with Gasteiger partial charge in [0.05, 0.1) is 19.2 Å². The van der Waals surface area contributed by atoms with Crippen molar-refractivity contribution in [1.29, 1.82) is 0 Å². The van der Waals surface area contributed by atoms with Crippen LogP contribution in [0.4, 0.5) is 11.5 Å². The van der Waals surface area contributed by atoms with Crippen molar-refractivity contribution in [2.45, 2.75) is 25.7 Å². The monoisotopic (exact) mass is 592 g/mol. The van der Waals surface area contributed by atoms with Gasteiger partial charge in [0.1, 0.15) is 18.4 Å². The predicted molar refractivity (Wildman–Crippen MR) is 149 cm³/mol. The van der Waals surface area contributed by atoms with E-state index >= 15 is 0 Å². The van der Waals surface area contributed by atoms with Gasteiger partial charge in [-0.3, -0.25) is 9.46 Å². The van der Waals surface area contributed by atoms with E-state index in [2.05, 4.69) is 36.1 Å². The molecule has 0 amide bonds. The number of hydrogen-bond donors (Lipinski definition) is 1. The van der Waals surface area contributed by atoms with Gasteiger partial charge in [0.25, 0.3) is 0 Å². The van der Waals surface area contributed by atoms with E-state index in [1.54, 1.807) is 13.4 Å². The number of rotatable bonds is 12. The molecule has 3 aromatic rings. The zero-order valence-electron chi connectivity index (χ0n) is 21.5. The van der Waals surface area contributed by atoms with E-state index in [1.807, 2.05) is 36.4 Å². The maximum absolute atomic E-state index is 12.4. The Bertz CT molecular complexity index is 1230. The van der Waals surface area contributed by atoms with Gasteiger partial charge in [-0.2, -0.15) is 0 Å². The number of aromatic nitrogens is 2. The molecule has 2 aromatic carbocycles. The average Bonchev–Trinajstić information content (AvgIpc) is 2.91. The van der Waals surface area contributed by atoms with Crippen molar-refractivity contribution in [2.24, 2.45) is 5.92 Å². The summed E-state index contributed by atoms with van der Waals surface area (Å²) in [6.07, 6.45) is 6.05. The topological polar surface area (TPSA) is 95.0 Å². The molecule has 11 heteroatoms. The van der Waals surface area contributed by atoms with Crippen LogP contribution in [0.5, 0.6) is 11.5 Å². The van der Waals surface area contributed by atoms with E-state index < -0.39 is 7.60 Å². The van der Waals surface area contributed by atoms with Crippen molar-refractivity contribution in [1.82, 2.24) is 14.9 Å². The number of ether oxygens (including phenoxy) is 2. The molecule has 1 aliphatic heterocycles. The summed E-state index contributed by atoms with van der Waals surface area (Å²) in [5.41, 5.74) is 1.70. The molecule has 200 valence electrons. The molecular formula is C26H34BrN4O5P. The van der Waals surface area contributed by atoms with Gasteiger partial charge < -0.3 is 23.8 Å². The first kappa shape index (κ1) is 27.8. The molecule has 4 rings (SSSR count). The minimum atomic E-state index is -3.00. The highest BCUT2D eigenvalue weighted by Gasteiger charge is 2.28. The van der Waals surface area contributed by atoms with Crippen LogP contribution in [-0.2, 0) is 13.6 Å². The first-order valence-corrected chi connectivity index (χ1v) is 14.9. The van der Waals surface area contributed by atoms with Crippen LogP contribution in [0.3, 0.4) is 0 Å². The lowest BCUT2D eigenvalue weighted by molar-refractivity contribution is 0.173. The van der Waals surface area contributed by atoms with Crippen LogP contribution in [0.15, 0.2) is 47.2 Å². The van der Waals surface area contributed by atoms with Crippen molar-refractivity contribution < 1.29 is 23.1 Å². The lowest BCUT2D eigenvalue weighted by Gasteiger charge is -2.33. The molecule has 0 saturated carbocycles. The normalized spacial score (nSPS) is 15.1. The molecule has 0 atom stereocenters. The Kier molecular flexibility index (Phi) is 9.78. The molecule has 1 N–H and O–H groups in total. The summed E-state index contributed by atoms with van der Waals surface area (Å²) in [5.74, 6) is 2.65. The highest BCUT2D eigenvalue weighted by atomic mass is 79.9. The second-order valence-electron chi connectivity index (χ2n) is 9.05. The van der Waals surface area contributed by atoms with Crippen LogP contribution < -0.4 is 14.8 Å². The molecule has 0 unspecified atom stereocenters. The summed E-state index contributed by atoms with van der Waals surface area (Å²) < 4.78 is 35.3. The van der Waals surface area contributed by atoms with Gasteiger partial charge in [-0.1, -0.05) is 22.0 Å². The van der Waals surface area contributed by atoms with E-state index in [0.717, 1.165) is 59.8 Å². The number of piperidine rings is 1. The second kappa shape index (κ2) is 13.0. The van der Waals surface area contributed by atoms with E-state index in [4.69, 9.17) is 18.5 Å². The van der Waals surface area contributed by atoms with Crippen LogP contribution >= 0.6 is 23.5 Å². The van der Waals surface area contributed by atoms with E-state index in [-0.39, 0.29) is 0 Å². The maximum Gasteiger partial charge on any atom is 0.344 e. The summed E-state index contributed by atoms with van der Waals surface area (Å²) >= 11 is 3.50. The molecule has 0 radical (unpaired) electrons. The van der Waals surface area contributed by atoms with Crippen LogP contribution in [0, 0.1) is 5.92 Å². The van der Waals surface area contributed by atoms with Crippen LogP contribution in [0.1, 0.15) is 25.7 Å². The van der Waals surface area contributed by atoms with Crippen LogP contribution in [0.2, 0.25) is 0 Å². The largest absolute Gasteiger partial charge is 0.493 e. The van der Waals surface area contributed by atoms with E-state index in [0.29, 0.717) is 36.1 Å². The summed E-state index contributed by atoms with van der Waals surface area (Å²) in [6, 6.07) is 11.7. The Balaban J connectivity index is 1.31. The first-order chi connectivity index (χ1) is 17.9. The zero-order chi connectivity index (χ0) is 26.3. The highest BCUT2D eigenvalue weighted by molar-refractivity contribution is 9.10. The number of likely N-dealkylation sites (tertiary alicyclic amines) is 1. The highest BCUT2D eigenvalue weighted by Crippen LogP contribution is 2.47. The lowest BCUT2D eigenvalue weighted by Crippen LogP contribution is -2.34. The van der Waals surface area contributed by atoms with E-state index in [1.165, 1.54) is 14.2 Å². The molecule has 0 bridgehead atoms. The molecule has 37 heavy (non-hydrogen) atoms. The Morgan fingerprint density at radius 2 is 1.86 bits per heavy atom. The molecule has 1 saturated heterocycles. The fraction of sp³-hybridized carbons (Fsp3) is 0.462. The van der Waals surface area contributed by atoms with Crippen molar-refractivity contribution in [3.8, 4) is 11.5 Å². The molecular weight excluding hydrogens is 559 g/mol. The number of hydrogen-bond acceptors (Lipinski definition) is 9. The molecule has 0 spiro atoms.